The molecule has 0 amide bonds. The van der Waals surface area contributed by atoms with Crippen molar-refractivity contribution in [1.82, 2.24) is 0 Å². The molecule has 0 bridgehead atoms. The summed E-state index contributed by atoms with van der Waals surface area (Å²) in [4.78, 5) is 10.7. The highest BCUT2D eigenvalue weighted by Crippen LogP contribution is 1.98. The lowest BCUT2D eigenvalue weighted by molar-refractivity contribution is -0.144. The average Bonchev–Trinajstić information content (AvgIpc) is 2.12. The highest BCUT2D eigenvalue weighted by Gasteiger charge is 2.28. The number of carbonyl (C=O) groups is 1. The second kappa shape index (κ2) is 5.18. The van der Waals surface area contributed by atoms with Gasteiger partial charge in [-0.25, -0.2) is 0 Å². The molecule has 0 aromatic heterocycles. The van der Waals surface area contributed by atoms with Gasteiger partial charge in [0, 0.05) is 0 Å². The van der Waals surface area contributed by atoms with Crippen LogP contribution in [0.2, 0.25) is 0 Å². The zero-order valence-corrected chi connectivity index (χ0v) is 6.29. The summed E-state index contributed by atoms with van der Waals surface area (Å²) in [5.74, 6) is -1.11. The molecule has 0 aliphatic heterocycles. The lowest BCUT2D eigenvalue weighted by atomic mass is 11.0. The predicted octanol–water partition coefficient (Wildman–Crippen LogP) is -3.38. The van der Waals surface area contributed by atoms with Crippen molar-refractivity contribution in [2.75, 3.05) is 13.2 Å². The first-order valence-corrected chi connectivity index (χ1v) is 3.34. The smallest absolute Gasteiger partial charge is 0.194 e. The minimum absolute atomic E-state index is 0.787. The van der Waals surface area contributed by atoms with Crippen LogP contribution in [-0.4, -0.2) is 62.8 Å². The van der Waals surface area contributed by atoms with Crippen LogP contribution in [0, 0.1) is 0 Å². The van der Waals surface area contributed by atoms with Gasteiger partial charge in [-0.15, -0.1) is 0 Å². The van der Waals surface area contributed by atoms with E-state index in [1.807, 2.05) is 0 Å². The summed E-state index contributed by atoms with van der Waals surface area (Å²) in [5.41, 5.74) is 0. The number of rotatable bonds is 5. The summed E-state index contributed by atoms with van der Waals surface area (Å²) in [6.45, 7) is -1.61. The Hall–Kier alpha value is -0.530. The highest BCUT2D eigenvalue weighted by molar-refractivity contribution is 5.87. The Morgan fingerprint density at radius 3 is 1.92 bits per heavy atom. The number of hydrogen-bond donors (Lipinski definition) is 5. The van der Waals surface area contributed by atoms with Crippen LogP contribution in [0.4, 0.5) is 0 Å². The molecule has 0 saturated carbocycles. The maximum absolute atomic E-state index is 10.7. The molecule has 0 unspecified atom stereocenters. The maximum atomic E-state index is 10.7. The van der Waals surface area contributed by atoms with Crippen LogP contribution >= 0.6 is 0 Å². The van der Waals surface area contributed by atoms with Crippen molar-refractivity contribution in [3.05, 3.63) is 0 Å². The normalized spacial score (nSPS) is 18.4. The predicted molar refractivity (Wildman–Crippen MR) is 37.2 cm³/mol. The van der Waals surface area contributed by atoms with Crippen LogP contribution in [-0.2, 0) is 4.79 Å². The molecule has 0 fully saturated rings. The van der Waals surface area contributed by atoms with E-state index in [9.17, 15) is 4.79 Å². The van der Waals surface area contributed by atoms with Crippen molar-refractivity contribution >= 4 is 5.78 Å². The first-order valence-electron chi connectivity index (χ1n) is 3.34. The van der Waals surface area contributed by atoms with E-state index in [4.69, 9.17) is 25.5 Å². The number of hydrogen-bond acceptors (Lipinski definition) is 6. The first kappa shape index (κ1) is 11.5. The van der Waals surface area contributed by atoms with Gasteiger partial charge in [-0.2, -0.15) is 0 Å². The Balaban J connectivity index is 4.09. The Kier molecular flexibility index (Phi) is 4.95. The third kappa shape index (κ3) is 2.84. The molecule has 0 aliphatic rings. The molecule has 0 aromatic rings. The molecule has 0 aliphatic carbocycles. The van der Waals surface area contributed by atoms with E-state index in [1.165, 1.54) is 0 Å². The Bertz CT molecular complexity index is 147. The molecule has 6 heteroatoms. The fourth-order valence-corrected chi connectivity index (χ4v) is 0.577. The van der Waals surface area contributed by atoms with Gasteiger partial charge in [0.2, 0.25) is 0 Å². The summed E-state index contributed by atoms with van der Waals surface area (Å²) >= 11 is 0. The van der Waals surface area contributed by atoms with E-state index in [1.54, 1.807) is 0 Å². The summed E-state index contributed by atoms with van der Waals surface area (Å²) < 4.78 is 0. The quantitative estimate of drug-likeness (QED) is 0.286. The number of ketones is 1. The summed E-state index contributed by atoms with van der Waals surface area (Å²) in [6, 6.07) is 0. The largest absolute Gasteiger partial charge is 0.394 e. The van der Waals surface area contributed by atoms with Crippen LogP contribution < -0.4 is 0 Å². The van der Waals surface area contributed by atoms with Gasteiger partial charge in [0.15, 0.2) is 5.78 Å². The fourth-order valence-electron chi connectivity index (χ4n) is 0.577. The second-order valence-electron chi connectivity index (χ2n) is 2.30. The monoisotopic (exact) mass is 186 g/mol. The molecule has 0 aromatic carbocycles. The molecule has 6 nitrogen and oxygen atoms in total. The lowest BCUT2D eigenvalue weighted by Crippen LogP contribution is -2.43. The van der Waals surface area contributed by atoms with E-state index in [0.29, 0.717) is 0 Å². The molecule has 72 valence electrons. The Labute approximate surface area is 68.7 Å². The maximum Gasteiger partial charge on any atom is 0.194 e. The zero-order chi connectivity index (χ0) is 9.72. The van der Waals surface area contributed by atoms with Crippen molar-refractivity contribution in [3.8, 4) is 0 Å². The molecule has 0 spiro atoms. The molecule has 0 heterocycles. The molecule has 5 N–H and O–H groups in total. The molecule has 0 radical (unpaired) electrons. The van der Waals surface area contributed by atoms with Crippen LogP contribution in [0.3, 0.4) is 0 Å². The molecule has 12 heavy (non-hydrogen) atoms. The van der Waals surface area contributed by atoms with E-state index in [-0.39, 0.29) is 0 Å². The van der Waals surface area contributed by atoms with Gasteiger partial charge in [-0.05, 0) is 0 Å². The first-order chi connectivity index (χ1) is 5.54. The zero-order valence-electron chi connectivity index (χ0n) is 6.29. The number of aliphatic hydroxyl groups excluding tert-OH is 5. The second-order valence-corrected chi connectivity index (χ2v) is 2.30. The fraction of sp³-hybridized carbons (Fsp3) is 0.833. The third-order valence-electron chi connectivity index (χ3n) is 1.34. The summed E-state index contributed by atoms with van der Waals surface area (Å²) in [7, 11) is 0. The van der Waals surface area contributed by atoms with Crippen LogP contribution in [0.15, 0.2) is 0 Å². The van der Waals surface area contributed by atoms with Gasteiger partial charge in [-0.3, -0.25) is 4.79 Å². The summed E-state index contributed by atoms with van der Waals surface area (Å²) in [6.07, 6.45) is -5.21. The van der Waals surface area contributed by atoms with Crippen LogP contribution in [0.1, 0.15) is 0 Å². The standard InChI is InChI=1S/C6H12O6/c7-1-3(9)5(11)6(12)4(10)2-8/h3-5,7-11H,1-2H2/t3-,4-,5-/m1/s1/i1+1,2+1,3+1,4+1,5+1,6+1. The van der Waals surface area contributed by atoms with Gasteiger partial charge < -0.3 is 25.5 Å². The molecular formula is C6H12O6. The van der Waals surface area contributed by atoms with Gasteiger partial charge in [0.25, 0.3) is 0 Å². The topological polar surface area (TPSA) is 118 Å². The molecule has 3 atom stereocenters. The van der Waals surface area contributed by atoms with E-state index in [2.05, 4.69) is 0 Å². The average molecular weight is 186 g/mol. The lowest BCUT2D eigenvalue weighted by Gasteiger charge is -2.16. The van der Waals surface area contributed by atoms with Crippen molar-refractivity contribution in [3.63, 3.8) is 0 Å². The number of aliphatic hydroxyl groups is 5. The summed E-state index contributed by atoms with van der Waals surface area (Å²) in [5, 5.41) is 42.9. The minimum atomic E-state index is -1.86. The van der Waals surface area contributed by atoms with Gasteiger partial charge in [0.05, 0.1) is 13.2 Å². The van der Waals surface area contributed by atoms with Gasteiger partial charge >= 0.3 is 0 Å². The molecule has 0 saturated heterocycles. The van der Waals surface area contributed by atoms with Crippen molar-refractivity contribution < 1.29 is 30.3 Å². The Morgan fingerprint density at radius 1 is 1.08 bits per heavy atom. The van der Waals surface area contributed by atoms with Crippen LogP contribution in [0.25, 0.3) is 0 Å². The Morgan fingerprint density at radius 2 is 1.58 bits per heavy atom. The SMILES string of the molecule is O=[13C]([13C@H](O)[13CH2]O)[13C@H](O)[13C@H](O)[13CH2]O. The number of Topliss-reactive ketones (excluding diaryl/α,β-unsaturated/α-hetero) is 1. The molecule has 0 rings (SSSR count). The number of carbonyl (C=O) groups excluding carboxylic acids is 1. The van der Waals surface area contributed by atoms with Crippen molar-refractivity contribution in [1.29, 1.82) is 0 Å². The van der Waals surface area contributed by atoms with Crippen LogP contribution in [0.5, 0.6) is 0 Å². The highest BCUT2D eigenvalue weighted by atomic mass is 16.5. The minimum Gasteiger partial charge on any atom is -0.394 e. The van der Waals surface area contributed by atoms with Crippen molar-refractivity contribution in [2.24, 2.45) is 0 Å². The van der Waals surface area contributed by atoms with Gasteiger partial charge in [0.1, 0.15) is 18.3 Å². The van der Waals surface area contributed by atoms with E-state index < -0.39 is 37.3 Å². The van der Waals surface area contributed by atoms with E-state index >= 15 is 0 Å². The van der Waals surface area contributed by atoms with E-state index in [0.717, 1.165) is 0 Å². The van der Waals surface area contributed by atoms with Gasteiger partial charge in [-0.1, -0.05) is 0 Å². The van der Waals surface area contributed by atoms with Crippen molar-refractivity contribution in [2.45, 2.75) is 18.3 Å². The molecular weight excluding hydrogens is 174 g/mol. The third-order valence-corrected chi connectivity index (χ3v) is 1.34.